The Labute approximate surface area is 96.3 Å². The van der Waals surface area contributed by atoms with Crippen molar-refractivity contribution in [2.24, 2.45) is 5.73 Å². The monoisotopic (exact) mass is 227 g/mol. The van der Waals surface area contributed by atoms with Crippen LogP contribution in [0.5, 0.6) is 0 Å². The molecule has 0 aromatic heterocycles. The highest BCUT2D eigenvalue weighted by Crippen LogP contribution is 2.28. The summed E-state index contributed by atoms with van der Waals surface area (Å²) >= 11 is 0. The number of hydrogen-bond donors (Lipinski definition) is 2. The van der Waals surface area contributed by atoms with Crippen LogP contribution in [0.25, 0.3) is 0 Å². The van der Waals surface area contributed by atoms with Crippen LogP contribution in [0.1, 0.15) is 19.8 Å². The van der Waals surface area contributed by atoms with E-state index in [1.165, 1.54) is 0 Å². The van der Waals surface area contributed by atoms with Gasteiger partial charge in [-0.1, -0.05) is 0 Å². The summed E-state index contributed by atoms with van der Waals surface area (Å²) in [6.45, 7) is 5.48. The van der Waals surface area contributed by atoms with Crippen LogP contribution in [0, 0.1) is 0 Å². The molecule has 2 unspecified atom stereocenters. The Morgan fingerprint density at radius 2 is 2.50 bits per heavy atom. The smallest absolute Gasteiger partial charge is 0.254 e. The molecule has 5 heteroatoms. The normalized spacial score (nSPS) is 35.4. The number of nitrogens with one attached hydrogen (secondary N) is 1. The summed E-state index contributed by atoms with van der Waals surface area (Å²) in [5.41, 5.74) is 5.09. The summed E-state index contributed by atoms with van der Waals surface area (Å²) < 4.78 is 5.60. The van der Waals surface area contributed by atoms with E-state index in [1.807, 2.05) is 11.8 Å². The van der Waals surface area contributed by atoms with Crippen LogP contribution >= 0.6 is 0 Å². The molecule has 0 aliphatic carbocycles. The molecular formula is C11H21N3O2. The number of carbonyl (C=O) groups excluding carboxylic acids is 1. The summed E-state index contributed by atoms with van der Waals surface area (Å²) in [5, 5.41) is 3.26. The molecule has 2 saturated heterocycles. The maximum atomic E-state index is 12.4. The molecule has 0 saturated carbocycles. The van der Waals surface area contributed by atoms with E-state index in [4.69, 9.17) is 10.5 Å². The van der Waals surface area contributed by atoms with Gasteiger partial charge in [-0.2, -0.15) is 0 Å². The Hall–Kier alpha value is -0.650. The number of nitrogens with zero attached hydrogens (tertiary/aromatic N) is 1. The van der Waals surface area contributed by atoms with E-state index in [9.17, 15) is 4.79 Å². The molecule has 2 fully saturated rings. The molecule has 0 spiro atoms. The summed E-state index contributed by atoms with van der Waals surface area (Å²) in [7, 11) is 0. The van der Waals surface area contributed by atoms with Gasteiger partial charge in [0.1, 0.15) is 5.60 Å². The summed E-state index contributed by atoms with van der Waals surface area (Å²) in [6.07, 6.45) is 1.80. The third kappa shape index (κ3) is 2.07. The minimum Gasteiger partial charge on any atom is -0.365 e. The van der Waals surface area contributed by atoms with Crippen molar-refractivity contribution in [2.45, 2.75) is 31.4 Å². The van der Waals surface area contributed by atoms with Gasteiger partial charge >= 0.3 is 0 Å². The summed E-state index contributed by atoms with van der Waals surface area (Å²) in [5.74, 6) is 0.113. The zero-order valence-corrected chi connectivity index (χ0v) is 9.87. The Morgan fingerprint density at radius 1 is 1.69 bits per heavy atom. The summed E-state index contributed by atoms with van der Waals surface area (Å²) in [4.78, 5) is 14.3. The fraction of sp³-hybridized carbons (Fsp3) is 0.909. The first-order chi connectivity index (χ1) is 7.67. The van der Waals surface area contributed by atoms with Crippen LogP contribution in [0.2, 0.25) is 0 Å². The average molecular weight is 227 g/mol. The van der Waals surface area contributed by atoms with Gasteiger partial charge in [0, 0.05) is 32.8 Å². The van der Waals surface area contributed by atoms with E-state index in [0.29, 0.717) is 13.2 Å². The van der Waals surface area contributed by atoms with Gasteiger partial charge in [0.05, 0.1) is 6.04 Å². The van der Waals surface area contributed by atoms with Gasteiger partial charge in [-0.15, -0.1) is 0 Å². The number of piperazine rings is 1. The number of rotatable bonds is 2. The first-order valence-electron chi connectivity index (χ1n) is 6.03. The van der Waals surface area contributed by atoms with Crippen LogP contribution in [-0.4, -0.2) is 55.2 Å². The molecule has 2 rings (SSSR count). The molecule has 0 bridgehead atoms. The molecule has 2 aliphatic heterocycles. The topological polar surface area (TPSA) is 67.6 Å². The molecule has 5 nitrogen and oxygen atoms in total. The predicted molar refractivity (Wildman–Crippen MR) is 61.0 cm³/mol. The minimum atomic E-state index is -0.606. The first-order valence-corrected chi connectivity index (χ1v) is 6.03. The van der Waals surface area contributed by atoms with Gasteiger partial charge in [-0.25, -0.2) is 0 Å². The third-order valence-electron chi connectivity index (χ3n) is 3.55. The number of hydrogen-bond acceptors (Lipinski definition) is 4. The van der Waals surface area contributed by atoms with Crippen molar-refractivity contribution in [1.82, 2.24) is 10.2 Å². The lowest BCUT2D eigenvalue weighted by Crippen LogP contribution is -2.60. The van der Waals surface area contributed by atoms with Crippen molar-refractivity contribution >= 4 is 5.91 Å². The standard InChI is InChI=1S/C11H21N3O2/c1-11(3-2-6-16-11)10(15)14-5-4-13-8-9(14)7-12/h9,13H,2-8,12H2,1H3. The number of amides is 1. The number of nitrogens with two attached hydrogens (primary N) is 1. The van der Waals surface area contributed by atoms with Gasteiger partial charge in [-0.3, -0.25) is 4.79 Å². The van der Waals surface area contributed by atoms with Crippen molar-refractivity contribution in [3.8, 4) is 0 Å². The van der Waals surface area contributed by atoms with E-state index in [2.05, 4.69) is 5.32 Å². The van der Waals surface area contributed by atoms with Crippen molar-refractivity contribution < 1.29 is 9.53 Å². The van der Waals surface area contributed by atoms with E-state index in [0.717, 1.165) is 32.5 Å². The quantitative estimate of drug-likeness (QED) is 0.655. The Balaban J connectivity index is 2.07. The molecule has 2 aliphatic rings. The summed E-state index contributed by atoms with van der Waals surface area (Å²) in [6, 6.07) is 0.113. The van der Waals surface area contributed by atoms with E-state index >= 15 is 0 Å². The van der Waals surface area contributed by atoms with Crippen LogP contribution in [0.3, 0.4) is 0 Å². The minimum absolute atomic E-state index is 0.113. The lowest BCUT2D eigenvalue weighted by atomic mass is 9.99. The molecule has 0 aromatic rings. The van der Waals surface area contributed by atoms with Crippen LogP contribution < -0.4 is 11.1 Å². The van der Waals surface area contributed by atoms with Crippen molar-refractivity contribution in [3.05, 3.63) is 0 Å². The van der Waals surface area contributed by atoms with Gasteiger partial charge < -0.3 is 20.7 Å². The molecule has 0 aromatic carbocycles. The van der Waals surface area contributed by atoms with E-state index in [-0.39, 0.29) is 11.9 Å². The maximum absolute atomic E-state index is 12.4. The SMILES string of the molecule is CC1(C(=O)N2CCNCC2CN)CCCO1. The highest BCUT2D eigenvalue weighted by Gasteiger charge is 2.42. The van der Waals surface area contributed by atoms with Crippen LogP contribution in [-0.2, 0) is 9.53 Å². The van der Waals surface area contributed by atoms with Crippen LogP contribution in [0.4, 0.5) is 0 Å². The molecule has 0 radical (unpaired) electrons. The van der Waals surface area contributed by atoms with Crippen molar-refractivity contribution in [2.75, 3.05) is 32.8 Å². The van der Waals surface area contributed by atoms with Crippen molar-refractivity contribution in [1.29, 1.82) is 0 Å². The fourth-order valence-corrected chi connectivity index (χ4v) is 2.49. The molecule has 3 N–H and O–H groups in total. The number of ether oxygens (including phenoxy) is 1. The number of carbonyl (C=O) groups is 1. The fourth-order valence-electron chi connectivity index (χ4n) is 2.49. The highest BCUT2D eigenvalue weighted by molar-refractivity contribution is 5.85. The van der Waals surface area contributed by atoms with Gasteiger partial charge in [0.15, 0.2) is 0 Å². The van der Waals surface area contributed by atoms with E-state index < -0.39 is 5.60 Å². The largest absolute Gasteiger partial charge is 0.365 e. The van der Waals surface area contributed by atoms with Gasteiger partial charge in [0.2, 0.25) is 0 Å². The van der Waals surface area contributed by atoms with Crippen molar-refractivity contribution in [3.63, 3.8) is 0 Å². The molecular weight excluding hydrogens is 206 g/mol. The lowest BCUT2D eigenvalue weighted by Gasteiger charge is -2.39. The Morgan fingerprint density at radius 3 is 3.12 bits per heavy atom. The first kappa shape index (κ1) is 11.8. The molecule has 2 atom stereocenters. The zero-order valence-electron chi connectivity index (χ0n) is 9.87. The van der Waals surface area contributed by atoms with Gasteiger partial charge in [0.25, 0.3) is 5.91 Å². The zero-order chi connectivity index (χ0) is 11.6. The van der Waals surface area contributed by atoms with E-state index in [1.54, 1.807) is 0 Å². The Bertz CT molecular complexity index is 264. The molecule has 2 heterocycles. The molecule has 1 amide bonds. The lowest BCUT2D eigenvalue weighted by molar-refractivity contribution is -0.154. The highest BCUT2D eigenvalue weighted by atomic mass is 16.5. The predicted octanol–water partition coefficient (Wildman–Crippen LogP) is -0.685. The second-order valence-electron chi connectivity index (χ2n) is 4.78. The van der Waals surface area contributed by atoms with Gasteiger partial charge in [-0.05, 0) is 19.8 Å². The second kappa shape index (κ2) is 4.69. The maximum Gasteiger partial charge on any atom is 0.254 e. The van der Waals surface area contributed by atoms with Crippen LogP contribution in [0.15, 0.2) is 0 Å². The second-order valence-corrected chi connectivity index (χ2v) is 4.78. The third-order valence-corrected chi connectivity index (χ3v) is 3.55. The average Bonchev–Trinajstić information content (AvgIpc) is 2.76. The molecule has 16 heavy (non-hydrogen) atoms. The molecule has 92 valence electrons. The Kier molecular flexibility index (Phi) is 3.47.